The third-order valence-corrected chi connectivity index (χ3v) is 7.26. The fourth-order valence-electron chi connectivity index (χ4n) is 2.85. The average molecular weight is 413 g/mol. The fraction of sp³-hybridized carbons (Fsp3) is 0.682. The van der Waals surface area contributed by atoms with Crippen LogP contribution in [-0.2, 0) is 15.6 Å². The van der Waals surface area contributed by atoms with Crippen molar-refractivity contribution in [2.24, 2.45) is 5.41 Å². The largest absolute Gasteiger partial charge is 0.507 e. The van der Waals surface area contributed by atoms with Crippen molar-refractivity contribution in [3.8, 4) is 5.75 Å². The molecule has 2 N–H and O–H groups in total. The Morgan fingerprint density at radius 2 is 1.37 bits per heavy atom. The van der Waals surface area contributed by atoms with Gasteiger partial charge in [-0.3, -0.25) is 4.79 Å². The van der Waals surface area contributed by atoms with Crippen molar-refractivity contribution in [3.05, 3.63) is 23.3 Å². The van der Waals surface area contributed by atoms with Gasteiger partial charge in [-0.15, -0.1) is 23.5 Å². The molecule has 5 heteroatoms. The van der Waals surface area contributed by atoms with Gasteiger partial charge in [-0.25, -0.2) is 0 Å². The van der Waals surface area contributed by atoms with Gasteiger partial charge in [0, 0.05) is 27.5 Å². The minimum Gasteiger partial charge on any atom is -0.507 e. The smallest absolute Gasteiger partial charge is 0.317 e. The van der Waals surface area contributed by atoms with Crippen LogP contribution in [0.15, 0.2) is 17.0 Å². The standard InChI is InChI=1S/C22H36O3S2/c1-20(2,3)15-12-14(13-16(17(15)23)21(4,5)6)26-10-11-27-18(19(24)25)22(7,8)9/h12-13,18,23H,10-11H2,1-9H3,(H,24,25). The van der Waals surface area contributed by atoms with E-state index >= 15 is 0 Å². The third-order valence-electron chi connectivity index (χ3n) is 4.35. The van der Waals surface area contributed by atoms with Crippen molar-refractivity contribution in [1.82, 2.24) is 0 Å². The number of thioether (sulfide) groups is 2. The van der Waals surface area contributed by atoms with Crippen molar-refractivity contribution in [1.29, 1.82) is 0 Å². The zero-order valence-corrected chi connectivity index (χ0v) is 19.9. The van der Waals surface area contributed by atoms with Gasteiger partial charge < -0.3 is 10.2 Å². The highest BCUT2D eigenvalue weighted by Gasteiger charge is 2.31. The predicted octanol–water partition coefficient (Wildman–Crippen LogP) is 6.31. The Morgan fingerprint density at radius 1 is 0.926 bits per heavy atom. The number of aliphatic carboxylic acids is 1. The molecule has 0 bridgehead atoms. The predicted molar refractivity (Wildman–Crippen MR) is 120 cm³/mol. The van der Waals surface area contributed by atoms with Crippen LogP contribution in [0.5, 0.6) is 5.75 Å². The van der Waals surface area contributed by atoms with E-state index in [1.807, 2.05) is 20.8 Å². The summed E-state index contributed by atoms with van der Waals surface area (Å²) in [6, 6.07) is 4.16. The molecule has 1 aromatic carbocycles. The highest BCUT2D eigenvalue weighted by molar-refractivity contribution is 8.03. The molecular formula is C22H36O3S2. The number of rotatable bonds is 6. The van der Waals surface area contributed by atoms with Crippen LogP contribution in [0.4, 0.5) is 0 Å². The number of carboxylic acids is 1. The van der Waals surface area contributed by atoms with E-state index in [-0.39, 0.29) is 16.2 Å². The van der Waals surface area contributed by atoms with Gasteiger partial charge in [-0.1, -0.05) is 62.3 Å². The number of phenols is 1. The molecule has 0 fully saturated rings. The van der Waals surface area contributed by atoms with Gasteiger partial charge in [0.15, 0.2) is 0 Å². The van der Waals surface area contributed by atoms with Gasteiger partial charge in [-0.05, 0) is 28.4 Å². The van der Waals surface area contributed by atoms with Crippen molar-refractivity contribution in [2.45, 2.75) is 83.3 Å². The van der Waals surface area contributed by atoms with Gasteiger partial charge in [0.1, 0.15) is 11.0 Å². The van der Waals surface area contributed by atoms with Crippen LogP contribution in [0.3, 0.4) is 0 Å². The first kappa shape index (κ1) is 24.2. The molecule has 154 valence electrons. The Labute approximate surface area is 173 Å². The summed E-state index contributed by atoms with van der Waals surface area (Å²) in [4.78, 5) is 12.6. The average Bonchev–Trinajstić information content (AvgIpc) is 2.43. The second kappa shape index (κ2) is 8.69. The summed E-state index contributed by atoms with van der Waals surface area (Å²) in [7, 11) is 0. The molecule has 27 heavy (non-hydrogen) atoms. The first-order valence-electron chi connectivity index (χ1n) is 9.40. The molecule has 0 aliphatic heterocycles. The highest BCUT2D eigenvalue weighted by atomic mass is 32.2. The Balaban J connectivity index is 2.97. The third kappa shape index (κ3) is 6.94. The number of phenolic OH excluding ortho intramolecular Hbond substituents is 1. The molecule has 1 aromatic rings. The highest BCUT2D eigenvalue weighted by Crippen LogP contribution is 2.42. The van der Waals surface area contributed by atoms with Gasteiger partial charge in [-0.2, -0.15) is 0 Å². The van der Waals surface area contributed by atoms with E-state index in [9.17, 15) is 15.0 Å². The molecule has 0 heterocycles. The SMILES string of the molecule is CC(C)(C)c1cc(SCCSC(C(=O)O)C(C)(C)C)cc(C(C)(C)C)c1O. The first-order chi connectivity index (χ1) is 12.0. The number of benzene rings is 1. The minimum atomic E-state index is -0.743. The minimum absolute atomic E-state index is 0.143. The fourth-order valence-corrected chi connectivity index (χ4v) is 5.09. The van der Waals surface area contributed by atoms with E-state index in [1.54, 1.807) is 11.8 Å². The molecule has 0 aliphatic carbocycles. The first-order valence-corrected chi connectivity index (χ1v) is 11.4. The normalized spacial score (nSPS) is 14.3. The van der Waals surface area contributed by atoms with Gasteiger partial charge in [0.25, 0.3) is 0 Å². The Bertz CT molecular complexity index is 627. The van der Waals surface area contributed by atoms with Gasteiger partial charge >= 0.3 is 5.97 Å². The van der Waals surface area contributed by atoms with Crippen LogP contribution in [-0.4, -0.2) is 32.9 Å². The summed E-state index contributed by atoms with van der Waals surface area (Å²) < 4.78 is 0. The zero-order chi connectivity index (χ0) is 21.2. The lowest BCUT2D eigenvalue weighted by Crippen LogP contribution is -2.31. The Kier molecular flexibility index (Phi) is 7.80. The summed E-state index contributed by atoms with van der Waals surface area (Å²) >= 11 is 3.24. The monoisotopic (exact) mass is 412 g/mol. The van der Waals surface area contributed by atoms with E-state index in [0.717, 1.165) is 27.5 Å². The van der Waals surface area contributed by atoms with Gasteiger partial charge in [0.2, 0.25) is 0 Å². The quantitative estimate of drug-likeness (QED) is 0.423. The summed E-state index contributed by atoms with van der Waals surface area (Å²) in [5.41, 5.74) is 1.37. The maximum Gasteiger partial charge on any atom is 0.317 e. The van der Waals surface area contributed by atoms with E-state index in [2.05, 4.69) is 53.7 Å². The number of aromatic hydroxyl groups is 1. The molecule has 3 nitrogen and oxygen atoms in total. The van der Waals surface area contributed by atoms with Crippen molar-refractivity contribution in [2.75, 3.05) is 11.5 Å². The summed E-state index contributed by atoms with van der Waals surface area (Å²) in [5, 5.41) is 19.8. The van der Waals surface area contributed by atoms with Crippen LogP contribution in [0.1, 0.15) is 73.4 Å². The van der Waals surface area contributed by atoms with E-state index in [1.165, 1.54) is 11.8 Å². The number of carboxylic acid groups (broad SMARTS) is 1. The van der Waals surface area contributed by atoms with Crippen molar-refractivity contribution in [3.63, 3.8) is 0 Å². The zero-order valence-electron chi connectivity index (χ0n) is 18.3. The molecule has 0 saturated carbocycles. The van der Waals surface area contributed by atoms with Crippen LogP contribution in [0.2, 0.25) is 0 Å². The molecule has 0 radical (unpaired) electrons. The maximum atomic E-state index is 11.5. The molecule has 0 saturated heterocycles. The van der Waals surface area contributed by atoms with E-state index < -0.39 is 11.2 Å². The maximum absolute atomic E-state index is 11.5. The summed E-state index contributed by atoms with van der Waals surface area (Å²) in [6.45, 7) is 18.6. The van der Waals surface area contributed by atoms with E-state index in [0.29, 0.717) is 5.75 Å². The summed E-state index contributed by atoms with van der Waals surface area (Å²) in [6.07, 6.45) is 0. The number of hydrogen-bond acceptors (Lipinski definition) is 4. The van der Waals surface area contributed by atoms with Crippen LogP contribution >= 0.6 is 23.5 Å². The lowest BCUT2D eigenvalue weighted by molar-refractivity contribution is -0.138. The van der Waals surface area contributed by atoms with Crippen LogP contribution in [0, 0.1) is 5.41 Å². The van der Waals surface area contributed by atoms with Crippen LogP contribution < -0.4 is 0 Å². The summed E-state index contributed by atoms with van der Waals surface area (Å²) in [5.74, 6) is 1.26. The molecular weight excluding hydrogens is 376 g/mol. The molecule has 0 aromatic heterocycles. The lowest BCUT2D eigenvalue weighted by atomic mass is 9.79. The Hall–Kier alpha value is -0.810. The van der Waals surface area contributed by atoms with Gasteiger partial charge in [0.05, 0.1) is 0 Å². The molecule has 1 atom stereocenters. The molecule has 0 amide bonds. The molecule has 1 unspecified atom stereocenters. The van der Waals surface area contributed by atoms with Crippen LogP contribution in [0.25, 0.3) is 0 Å². The van der Waals surface area contributed by atoms with Crippen molar-refractivity contribution >= 4 is 29.5 Å². The van der Waals surface area contributed by atoms with Crippen molar-refractivity contribution < 1.29 is 15.0 Å². The molecule has 1 rings (SSSR count). The second-order valence-electron chi connectivity index (χ2n) is 10.2. The van der Waals surface area contributed by atoms with E-state index in [4.69, 9.17) is 0 Å². The lowest BCUT2D eigenvalue weighted by Gasteiger charge is -2.28. The number of carbonyl (C=O) groups is 1. The Morgan fingerprint density at radius 3 is 1.70 bits per heavy atom. The molecule has 0 aliphatic rings. The number of hydrogen-bond donors (Lipinski definition) is 2. The topological polar surface area (TPSA) is 57.5 Å². The second-order valence-corrected chi connectivity index (χ2v) is 12.6. The molecule has 0 spiro atoms.